The lowest BCUT2D eigenvalue weighted by Gasteiger charge is -2.13. The van der Waals surface area contributed by atoms with Crippen LogP contribution in [0.15, 0.2) is 90.1 Å². The van der Waals surface area contributed by atoms with E-state index in [1.807, 2.05) is 67.7 Å². The Balaban J connectivity index is 1.52. The molecule has 4 aromatic rings. The topological polar surface area (TPSA) is 69.3 Å². The molecule has 0 unspecified atom stereocenters. The number of carbonyl (C=O) groups excluding carboxylic acids is 1. The van der Waals surface area contributed by atoms with E-state index < -0.39 is 0 Å². The van der Waals surface area contributed by atoms with Crippen molar-refractivity contribution < 1.29 is 4.79 Å². The van der Waals surface area contributed by atoms with Gasteiger partial charge in [0.05, 0.1) is 0 Å². The standard InChI is InChI=1S/C25H24N4O/c1-18-9-5-7-13-22(18)28-25(29-24(30)19-10-3-2-4-11-19)26-16-15-20-17-27-23-14-8-6-12-21(20)23/h2-14,17,27H,15-16H2,1H3,(H2,26,28,29,30). The molecular formula is C25H24N4O. The second-order valence-corrected chi connectivity index (χ2v) is 7.10. The molecular weight excluding hydrogens is 372 g/mol. The number of benzene rings is 3. The molecule has 0 aliphatic rings. The van der Waals surface area contributed by atoms with E-state index in [0.29, 0.717) is 18.1 Å². The number of amides is 1. The molecule has 150 valence electrons. The third kappa shape index (κ3) is 4.58. The molecule has 0 spiro atoms. The average Bonchev–Trinajstić information content (AvgIpc) is 3.19. The highest BCUT2D eigenvalue weighted by atomic mass is 16.1. The van der Waals surface area contributed by atoms with Gasteiger partial charge < -0.3 is 10.3 Å². The molecule has 0 radical (unpaired) electrons. The van der Waals surface area contributed by atoms with Gasteiger partial charge in [-0.2, -0.15) is 0 Å². The lowest BCUT2D eigenvalue weighted by atomic mass is 10.1. The number of carbonyl (C=O) groups is 1. The van der Waals surface area contributed by atoms with E-state index in [4.69, 9.17) is 0 Å². The van der Waals surface area contributed by atoms with Crippen LogP contribution in [0.25, 0.3) is 10.9 Å². The van der Waals surface area contributed by atoms with Gasteiger partial charge in [-0.05, 0) is 48.7 Å². The van der Waals surface area contributed by atoms with Crippen molar-refractivity contribution in [2.24, 2.45) is 4.99 Å². The molecule has 0 aliphatic carbocycles. The lowest BCUT2D eigenvalue weighted by molar-refractivity contribution is 0.0977. The van der Waals surface area contributed by atoms with Crippen molar-refractivity contribution in [3.63, 3.8) is 0 Å². The Kier molecular flexibility index (Phi) is 5.90. The number of aromatic amines is 1. The van der Waals surface area contributed by atoms with Gasteiger partial charge in [-0.15, -0.1) is 0 Å². The molecule has 5 heteroatoms. The van der Waals surface area contributed by atoms with E-state index in [2.05, 4.69) is 32.7 Å². The van der Waals surface area contributed by atoms with Crippen LogP contribution >= 0.6 is 0 Å². The van der Waals surface area contributed by atoms with Crippen LogP contribution < -0.4 is 10.6 Å². The highest BCUT2D eigenvalue weighted by Gasteiger charge is 2.10. The Morgan fingerprint density at radius 1 is 0.933 bits per heavy atom. The van der Waals surface area contributed by atoms with Gasteiger partial charge in [0.25, 0.3) is 5.91 Å². The van der Waals surface area contributed by atoms with Crippen LogP contribution in [0.2, 0.25) is 0 Å². The van der Waals surface area contributed by atoms with Gasteiger partial charge in [-0.3, -0.25) is 15.1 Å². The van der Waals surface area contributed by atoms with Crippen molar-refractivity contribution in [2.75, 3.05) is 11.9 Å². The minimum atomic E-state index is -0.192. The fraction of sp³-hybridized carbons (Fsp3) is 0.120. The Bertz CT molecular complexity index is 1180. The smallest absolute Gasteiger partial charge is 0.257 e. The summed E-state index contributed by atoms with van der Waals surface area (Å²) >= 11 is 0. The van der Waals surface area contributed by atoms with Crippen LogP contribution in [0.4, 0.5) is 5.69 Å². The maximum Gasteiger partial charge on any atom is 0.257 e. The van der Waals surface area contributed by atoms with Gasteiger partial charge in [-0.1, -0.05) is 54.6 Å². The summed E-state index contributed by atoms with van der Waals surface area (Å²) < 4.78 is 0. The van der Waals surface area contributed by atoms with E-state index in [1.54, 1.807) is 12.1 Å². The Morgan fingerprint density at radius 3 is 2.50 bits per heavy atom. The zero-order valence-electron chi connectivity index (χ0n) is 16.9. The quantitative estimate of drug-likeness (QED) is 0.331. The van der Waals surface area contributed by atoms with Gasteiger partial charge >= 0.3 is 0 Å². The van der Waals surface area contributed by atoms with Gasteiger partial charge in [0, 0.05) is 34.9 Å². The number of nitrogens with one attached hydrogen (secondary N) is 3. The highest BCUT2D eigenvalue weighted by Crippen LogP contribution is 2.18. The maximum atomic E-state index is 12.7. The molecule has 0 aliphatic heterocycles. The Morgan fingerprint density at radius 2 is 1.67 bits per heavy atom. The van der Waals surface area contributed by atoms with Gasteiger partial charge in [0.1, 0.15) is 0 Å². The number of hydrogen-bond donors (Lipinski definition) is 3. The SMILES string of the molecule is Cc1ccccc1NC(=NCCc1c[nH]c2ccccc12)NC(=O)c1ccccc1. The van der Waals surface area contributed by atoms with Crippen LogP contribution in [-0.4, -0.2) is 23.4 Å². The normalized spacial score (nSPS) is 11.4. The molecule has 1 amide bonds. The number of nitrogens with zero attached hydrogens (tertiary/aromatic N) is 1. The van der Waals surface area contributed by atoms with Crippen molar-refractivity contribution in [2.45, 2.75) is 13.3 Å². The minimum Gasteiger partial charge on any atom is -0.361 e. The van der Waals surface area contributed by atoms with E-state index in [9.17, 15) is 4.79 Å². The van der Waals surface area contributed by atoms with Crippen LogP contribution in [-0.2, 0) is 6.42 Å². The molecule has 5 nitrogen and oxygen atoms in total. The van der Waals surface area contributed by atoms with Crippen LogP contribution in [0.1, 0.15) is 21.5 Å². The zero-order valence-corrected chi connectivity index (χ0v) is 16.9. The molecule has 3 aromatic carbocycles. The molecule has 0 saturated carbocycles. The van der Waals surface area contributed by atoms with Gasteiger partial charge in [0.15, 0.2) is 0 Å². The largest absolute Gasteiger partial charge is 0.361 e. The summed E-state index contributed by atoms with van der Waals surface area (Å²) in [6, 6.07) is 25.3. The number of H-pyrrole nitrogens is 1. The first kappa shape index (κ1) is 19.5. The van der Waals surface area contributed by atoms with E-state index in [0.717, 1.165) is 23.2 Å². The lowest BCUT2D eigenvalue weighted by Crippen LogP contribution is -2.36. The fourth-order valence-corrected chi connectivity index (χ4v) is 3.35. The van der Waals surface area contributed by atoms with E-state index >= 15 is 0 Å². The summed E-state index contributed by atoms with van der Waals surface area (Å²) in [5.74, 6) is 0.250. The third-order valence-corrected chi connectivity index (χ3v) is 4.99. The predicted octanol–water partition coefficient (Wildman–Crippen LogP) is 4.92. The number of fused-ring (bicyclic) bond motifs is 1. The number of hydrogen-bond acceptors (Lipinski definition) is 2. The molecule has 1 aromatic heterocycles. The second kappa shape index (κ2) is 9.09. The molecule has 4 rings (SSSR count). The summed E-state index contributed by atoms with van der Waals surface area (Å²) in [7, 11) is 0. The summed E-state index contributed by atoms with van der Waals surface area (Å²) in [4.78, 5) is 20.6. The molecule has 0 atom stereocenters. The zero-order chi connectivity index (χ0) is 20.8. The number of anilines is 1. The van der Waals surface area contributed by atoms with Crippen molar-refractivity contribution in [3.8, 4) is 0 Å². The highest BCUT2D eigenvalue weighted by molar-refractivity contribution is 6.10. The van der Waals surface area contributed by atoms with Crippen LogP contribution in [0.5, 0.6) is 0 Å². The summed E-state index contributed by atoms with van der Waals surface area (Å²) in [6.07, 6.45) is 2.79. The predicted molar refractivity (Wildman–Crippen MR) is 123 cm³/mol. The number of aromatic nitrogens is 1. The van der Waals surface area contributed by atoms with Crippen molar-refractivity contribution in [1.82, 2.24) is 10.3 Å². The van der Waals surface area contributed by atoms with Crippen molar-refractivity contribution >= 4 is 28.5 Å². The second-order valence-electron chi connectivity index (χ2n) is 7.10. The number of rotatable bonds is 5. The van der Waals surface area contributed by atoms with Crippen molar-refractivity contribution in [3.05, 3.63) is 102 Å². The molecule has 30 heavy (non-hydrogen) atoms. The molecule has 0 saturated heterocycles. The molecule has 1 heterocycles. The van der Waals surface area contributed by atoms with Gasteiger partial charge in [0.2, 0.25) is 5.96 Å². The average molecular weight is 396 g/mol. The first-order valence-electron chi connectivity index (χ1n) is 9.99. The summed E-state index contributed by atoms with van der Waals surface area (Å²) in [5.41, 5.74) is 4.91. The number of para-hydroxylation sites is 2. The monoisotopic (exact) mass is 396 g/mol. The van der Waals surface area contributed by atoms with Crippen LogP contribution in [0, 0.1) is 6.92 Å². The summed E-state index contributed by atoms with van der Waals surface area (Å²) in [6.45, 7) is 2.57. The first-order valence-corrected chi connectivity index (χ1v) is 9.99. The third-order valence-electron chi connectivity index (χ3n) is 4.99. The minimum absolute atomic E-state index is 0.192. The first-order chi connectivity index (χ1) is 14.7. The van der Waals surface area contributed by atoms with Crippen LogP contribution in [0.3, 0.4) is 0 Å². The molecule has 0 fully saturated rings. The number of aryl methyl sites for hydroxylation is 1. The maximum absolute atomic E-state index is 12.7. The van der Waals surface area contributed by atoms with Gasteiger partial charge in [-0.25, -0.2) is 0 Å². The van der Waals surface area contributed by atoms with E-state index in [1.165, 1.54) is 10.9 Å². The number of aliphatic imine (C=N–C) groups is 1. The Labute approximate surface area is 175 Å². The number of guanidine groups is 1. The fourth-order valence-electron chi connectivity index (χ4n) is 3.35. The van der Waals surface area contributed by atoms with Crippen molar-refractivity contribution in [1.29, 1.82) is 0 Å². The summed E-state index contributed by atoms with van der Waals surface area (Å²) in [5, 5.41) is 7.40. The Hall–Kier alpha value is -3.86. The molecule has 0 bridgehead atoms. The van der Waals surface area contributed by atoms with E-state index in [-0.39, 0.29) is 5.91 Å². The molecule has 3 N–H and O–H groups in total.